The Morgan fingerprint density at radius 2 is 1.41 bits per heavy atom. The van der Waals surface area contributed by atoms with E-state index in [1.165, 1.54) is 34.6 Å². The molecule has 2 aliphatic heterocycles. The van der Waals surface area contributed by atoms with Gasteiger partial charge in [-0.2, -0.15) is 0 Å². The van der Waals surface area contributed by atoms with Gasteiger partial charge in [0.1, 0.15) is 23.9 Å². The van der Waals surface area contributed by atoms with E-state index in [1.54, 1.807) is 13.8 Å². The molecule has 0 amide bonds. The molecule has 10 atom stereocenters. The van der Waals surface area contributed by atoms with Gasteiger partial charge in [-0.1, -0.05) is 20.4 Å². The summed E-state index contributed by atoms with van der Waals surface area (Å²) in [7, 11) is 0. The van der Waals surface area contributed by atoms with Gasteiger partial charge in [-0.3, -0.25) is 24.0 Å². The Kier molecular flexibility index (Phi) is 9.62. The van der Waals surface area contributed by atoms with E-state index < -0.39 is 89.3 Å². The topological polar surface area (TPSA) is 141 Å². The summed E-state index contributed by atoms with van der Waals surface area (Å²) >= 11 is 0. The van der Waals surface area contributed by atoms with Gasteiger partial charge in [-0.25, -0.2) is 0 Å². The molecule has 3 fully saturated rings. The van der Waals surface area contributed by atoms with Crippen molar-refractivity contribution in [3.8, 4) is 0 Å². The van der Waals surface area contributed by atoms with E-state index in [4.69, 9.17) is 28.4 Å². The van der Waals surface area contributed by atoms with E-state index in [0.29, 0.717) is 12.0 Å². The van der Waals surface area contributed by atoms with Crippen LogP contribution in [0.5, 0.6) is 0 Å². The van der Waals surface area contributed by atoms with Gasteiger partial charge in [-0.15, -0.1) is 0 Å². The largest absolute Gasteiger partial charge is 0.458 e. The number of fused-ring (bicyclic) bond motifs is 5. The minimum absolute atomic E-state index is 0.127. The SMILES string of the molecule is C=C1C[C@@H]2O[C@@H]([C@@H]3[C@@H](C(C)C)[C@H](OC(C)=O)[C@H](OC(C)=O)[C@@](C)(OC(C)=O)[C@@H]32)[C@](C)(OC(C)=O)CC[C@@H]1OC(C)=O. The molecule has 3 rings (SSSR count). The Balaban J connectivity index is 2.32. The fourth-order valence-corrected chi connectivity index (χ4v) is 7.54. The van der Waals surface area contributed by atoms with Gasteiger partial charge in [-0.05, 0) is 44.6 Å². The molecule has 11 nitrogen and oxygen atoms in total. The second-order valence-corrected chi connectivity index (χ2v) is 12.3. The van der Waals surface area contributed by atoms with Crippen molar-refractivity contribution in [3.63, 3.8) is 0 Å². The van der Waals surface area contributed by atoms with Gasteiger partial charge in [0.25, 0.3) is 0 Å². The lowest BCUT2D eigenvalue weighted by Crippen LogP contribution is -2.69. The van der Waals surface area contributed by atoms with Crippen LogP contribution in [0.3, 0.4) is 0 Å². The summed E-state index contributed by atoms with van der Waals surface area (Å²) in [4.78, 5) is 61.9. The van der Waals surface area contributed by atoms with E-state index >= 15 is 0 Å². The molecule has 41 heavy (non-hydrogen) atoms. The first-order chi connectivity index (χ1) is 18.9. The first-order valence-corrected chi connectivity index (χ1v) is 14.1. The van der Waals surface area contributed by atoms with Crippen molar-refractivity contribution in [1.29, 1.82) is 0 Å². The van der Waals surface area contributed by atoms with E-state index in [2.05, 4.69) is 6.58 Å². The van der Waals surface area contributed by atoms with Crippen LogP contribution >= 0.6 is 0 Å². The first-order valence-electron chi connectivity index (χ1n) is 14.1. The molecule has 1 saturated carbocycles. The minimum Gasteiger partial charge on any atom is -0.458 e. The summed E-state index contributed by atoms with van der Waals surface area (Å²) in [5.74, 6) is -4.50. The van der Waals surface area contributed by atoms with Crippen LogP contribution in [0.1, 0.15) is 81.6 Å². The number of carbonyl (C=O) groups excluding carboxylic acids is 5. The highest BCUT2D eigenvalue weighted by Crippen LogP contribution is 2.59. The van der Waals surface area contributed by atoms with Crippen molar-refractivity contribution < 1.29 is 52.4 Å². The van der Waals surface area contributed by atoms with Crippen molar-refractivity contribution >= 4 is 29.8 Å². The summed E-state index contributed by atoms with van der Waals surface area (Å²) in [5.41, 5.74) is -2.12. The summed E-state index contributed by atoms with van der Waals surface area (Å²) in [6, 6.07) is 0. The maximum Gasteiger partial charge on any atom is 0.303 e. The van der Waals surface area contributed by atoms with Crippen molar-refractivity contribution in [2.24, 2.45) is 23.7 Å². The zero-order valence-corrected chi connectivity index (χ0v) is 25.5. The van der Waals surface area contributed by atoms with Gasteiger partial charge in [0, 0.05) is 52.4 Å². The molecular weight excluding hydrogens is 536 g/mol. The minimum atomic E-state index is -1.51. The fraction of sp³-hybridized carbons (Fsp3) is 0.767. The Hall–Kier alpha value is -2.95. The van der Waals surface area contributed by atoms with Crippen molar-refractivity contribution in [3.05, 3.63) is 12.2 Å². The van der Waals surface area contributed by atoms with Crippen LogP contribution in [0.4, 0.5) is 0 Å². The molecule has 0 unspecified atom stereocenters. The lowest BCUT2D eigenvalue weighted by molar-refractivity contribution is -0.249. The third-order valence-electron chi connectivity index (χ3n) is 8.67. The van der Waals surface area contributed by atoms with Crippen molar-refractivity contribution in [2.45, 2.75) is 123 Å². The maximum absolute atomic E-state index is 12.6. The molecule has 0 aromatic carbocycles. The van der Waals surface area contributed by atoms with Crippen LogP contribution in [0.2, 0.25) is 0 Å². The van der Waals surface area contributed by atoms with Gasteiger partial charge >= 0.3 is 29.8 Å². The molecule has 2 saturated heterocycles. The molecule has 0 aromatic heterocycles. The Morgan fingerprint density at radius 1 is 0.854 bits per heavy atom. The highest BCUT2D eigenvalue weighted by atomic mass is 16.6. The summed E-state index contributed by atoms with van der Waals surface area (Å²) in [6.45, 7) is 18.0. The average Bonchev–Trinajstić information content (AvgIpc) is 3.18. The smallest absolute Gasteiger partial charge is 0.303 e. The molecule has 3 aliphatic rings. The highest BCUT2D eigenvalue weighted by molar-refractivity contribution is 5.69. The Labute approximate surface area is 241 Å². The Morgan fingerprint density at radius 3 is 1.90 bits per heavy atom. The van der Waals surface area contributed by atoms with Crippen LogP contribution in [0.15, 0.2) is 12.2 Å². The van der Waals surface area contributed by atoms with Crippen LogP contribution in [0, 0.1) is 23.7 Å². The number of carbonyl (C=O) groups is 5. The van der Waals surface area contributed by atoms with E-state index in [-0.39, 0.29) is 18.8 Å². The summed E-state index contributed by atoms with van der Waals surface area (Å²) < 4.78 is 36.1. The molecule has 0 aromatic rings. The fourth-order valence-electron chi connectivity index (χ4n) is 7.54. The second-order valence-electron chi connectivity index (χ2n) is 12.3. The normalized spacial score (nSPS) is 38.4. The number of rotatable bonds is 6. The zero-order chi connectivity index (χ0) is 31.0. The zero-order valence-electron chi connectivity index (χ0n) is 25.5. The van der Waals surface area contributed by atoms with Crippen molar-refractivity contribution in [2.75, 3.05) is 0 Å². The Bertz CT molecular complexity index is 1080. The molecule has 0 radical (unpaired) electrons. The quantitative estimate of drug-likeness (QED) is 0.259. The molecule has 230 valence electrons. The average molecular weight is 581 g/mol. The van der Waals surface area contributed by atoms with Crippen LogP contribution < -0.4 is 0 Å². The molecule has 2 bridgehead atoms. The molecule has 0 N–H and O–H groups in total. The third-order valence-corrected chi connectivity index (χ3v) is 8.67. The van der Waals surface area contributed by atoms with E-state index in [9.17, 15) is 24.0 Å². The van der Waals surface area contributed by atoms with Crippen LogP contribution in [-0.2, 0) is 52.4 Å². The molecule has 0 spiro atoms. The first kappa shape index (κ1) is 32.6. The van der Waals surface area contributed by atoms with Gasteiger partial charge in [0.15, 0.2) is 11.7 Å². The molecule has 11 heteroatoms. The highest BCUT2D eigenvalue weighted by Gasteiger charge is 2.71. The lowest BCUT2D eigenvalue weighted by atomic mass is 9.55. The maximum atomic E-state index is 12.6. The number of esters is 5. The van der Waals surface area contributed by atoms with E-state index in [0.717, 1.165) is 0 Å². The van der Waals surface area contributed by atoms with Gasteiger partial charge in [0.2, 0.25) is 0 Å². The van der Waals surface area contributed by atoms with Crippen molar-refractivity contribution in [1.82, 2.24) is 0 Å². The second kappa shape index (κ2) is 12.1. The number of ether oxygens (including phenoxy) is 6. The predicted molar refractivity (Wildman–Crippen MR) is 144 cm³/mol. The lowest BCUT2D eigenvalue weighted by Gasteiger charge is -2.56. The molecular formula is C30H44O11. The number of hydrogen-bond donors (Lipinski definition) is 0. The van der Waals surface area contributed by atoms with E-state index in [1.807, 2.05) is 13.8 Å². The standard InChI is InChI=1S/C30H44O11/c1-14(2)23-24-25(30(10,41-20(8)35)28(38-18(6)33)26(23)37-17(5)32)22-13-15(3)21(36-16(4)31)11-12-29(9,27(24)39-22)40-19(7)34/h14,21-28H,3,11-13H2,1-2,4-10H3/t21-,22-,23+,24+,25+,26-,27-,28-,29+,30-/m0/s1. The predicted octanol–water partition coefficient (Wildman–Crippen LogP) is 3.45. The van der Waals surface area contributed by atoms with Crippen LogP contribution in [0.25, 0.3) is 0 Å². The molecule has 2 heterocycles. The van der Waals surface area contributed by atoms with Gasteiger partial charge < -0.3 is 28.4 Å². The number of hydrogen-bond acceptors (Lipinski definition) is 11. The summed E-state index contributed by atoms with van der Waals surface area (Å²) in [6.07, 6.45) is -3.37. The molecule has 1 aliphatic carbocycles. The third kappa shape index (κ3) is 6.60. The van der Waals surface area contributed by atoms with Crippen LogP contribution in [-0.4, -0.2) is 71.6 Å². The van der Waals surface area contributed by atoms with Gasteiger partial charge in [0.05, 0.1) is 6.10 Å². The monoisotopic (exact) mass is 580 g/mol. The summed E-state index contributed by atoms with van der Waals surface area (Å²) in [5, 5.41) is 0.